The Morgan fingerprint density at radius 2 is 1.73 bits per heavy atom. The molecule has 0 spiro atoms. The van der Waals surface area contributed by atoms with Crippen molar-refractivity contribution in [3.05, 3.63) is 0 Å². The normalized spacial score (nSPS) is 17.9. The molecule has 0 aromatic heterocycles. The minimum absolute atomic E-state index is 0. The third-order valence-corrected chi connectivity index (χ3v) is 5.49. The van der Waals surface area contributed by atoms with Crippen molar-refractivity contribution in [2.75, 3.05) is 12.3 Å². The second kappa shape index (κ2) is 13.9. The van der Waals surface area contributed by atoms with Crippen LogP contribution in [0.25, 0.3) is 0 Å². The smallest absolute Gasteiger partial charge is 0.265 e. The van der Waals surface area contributed by atoms with Crippen molar-refractivity contribution >= 4 is 68.3 Å². The van der Waals surface area contributed by atoms with Gasteiger partial charge in [0.05, 0.1) is 5.75 Å². The van der Waals surface area contributed by atoms with Crippen molar-refractivity contribution in [2.45, 2.75) is 83.6 Å². The molecule has 6 heteroatoms. The molecule has 0 aliphatic heterocycles. The van der Waals surface area contributed by atoms with Gasteiger partial charge in [0.25, 0.3) is 10.1 Å². The molecule has 127 valence electrons. The van der Waals surface area contributed by atoms with Crippen LogP contribution in [0.4, 0.5) is 0 Å². The molecule has 1 fully saturated rings. The van der Waals surface area contributed by atoms with E-state index in [1.165, 1.54) is 44.9 Å². The summed E-state index contributed by atoms with van der Waals surface area (Å²) in [5.74, 6) is 0.0348. The SMILES string of the molecule is CCC(CCCCCCNC1CCCCC1)CS(=O)(=O)O.[Rb]. The van der Waals surface area contributed by atoms with Crippen LogP contribution in [0, 0.1) is 5.92 Å². The van der Waals surface area contributed by atoms with Gasteiger partial charge in [0, 0.05) is 64.2 Å². The molecule has 2 N–H and O–H groups in total. The van der Waals surface area contributed by atoms with E-state index in [2.05, 4.69) is 5.32 Å². The Morgan fingerprint density at radius 3 is 2.32 bits per heavy atom. The predicted octanol–water partition coefficient (Wildman–Crippen LogP) is 3.39. The van der Waals surface area contributed by atoms with Crippen LogP contribution in [0.5, 0.6) is 0 Å². The van der Waals surface area contributed by atoms with Crippen LogP contribution in [-0.2, 0) is 10.1 Å². The fourth-order valence-corrected chi connectivity index (χ4v) is 4.23. The molecular formula is C16H33NO3RbS. The zero-order valence-corrected chi connectivity index (χ0v) is 20.3. The van der Waals surface area contributed by atoms with Gasteiger partial charge >= 0.3 is 0 Å². The molecule has 0 heterocycles. The van der Waals surface area contributed by atoms with Crippen LogP contribution < -0.4 is 5.32 Å². The predicted molar refractivity (Wildman–Crippen MR) is 93.9 cm³/mol. The van der Waals surface area contributed by atoms with Gasteiger partial charge in [-0.2, -0.15) is 8.42 Å². The first-order valence-corrected chi connectivity index (χ1v) is 10.3. The van der Waals surface area contributed by atoms with E-state index in [1.807, 2.05) is 6.92 Å². The summed E-state index contributed by atoms with van der Waals surface area (Å²) in [6.07, 6.45) is 13.2. The first-order chi connectivity index (χ1) is 10.0. The Bertz CT molecular complexity index is 356. The van der Waals surface area contributed by atoms with Gasteiger partial charge in [0.15, 0.2) is 0 Å². The third-order valence-electron chi connectivity index (χ3n) is 4.60. The minimum Gasteiger partial charge on any atom is -0.314 e. The van der Waals surface area contributed by atoms with E-state index in [0.29, 0.717) is 0 Å². The summed E-state index contributed by atoms with van der Waals surface area (Å²) in [5.41, 5.74) is 0. The molecule has 1 atom stereocenters. The molecule has 1 unspecified atom stereocenters. The van der Waals surface area contributed by atoms with Crippen molar-refractivity contribution in [2.24, 2.45) is 5.92 Å². The summed E-state index contributed by atoms with van der Waals surface area (Å²) in [6, 6.07) is 0.748. The third kappa shape index (κ3) is 13.0. The molecule has 0 amide bonds. The van der Waals surface area contributed by atoms with Gasteiger partial charge in [-0.3, -0.25) is 4.55 Å². The van der Waals surface area contributed by atoms with Crippen LogP contribution in [0.15, 0.2) is 0 Å². The summed E-state index contributed by atoms with van der Waals surface area (Å²) < 4.78 is 30.6. The fourth-order valence-electron chi connectivity index (χ4n) is 3.23. The first kappa shape index (κ1) is 23.7. The molecule has 4 nitrogen and oxygen atoms in total. The van der Waals surface area contributed by atoms with Crippen LogP contribution in [0.1, 0.15) is 77.6 Å². The standard InChI is InChI=1S/C16H33NO3S.Rb/c1-2-15(14-21(18,19)20)10-6-3-4-9-13-17-16-11-7-5-8-12-16;/h15-17H,2-14H2,1H3,(H,18,19,20);. The van der Waals surface area contributed by atoms with E-state index in [1.54, 1.807) is 0 Å². The Hall–Kier alpha value is 1.68. The molecule has 22 heavy (non-hydrogen) atoms. The van der Waals surface area contributed by atoms with E-state index < -0.39 is 10.1 Å². The number of hydrogen-bond donors (Lipinski definition) is 2. The van der Waals surface area contributed by atoms with Crippen molar-refractivity contribution < 1.29 is 13.0 Å². The van der Waals surface area contributed by atoms with Crippen LogP contribution in [-0.4, -0.2) is 89.5 Å². The number of rotatable bonds is 11. The summed E-state index contributed by atoms with van der Waals surface area (Å²) >= 11 is 0. The summed E-state index contributed by atoms with van der Waals surface area (Å²) in [5, 5.41) is 3.65. The van der Waals surface area contributed by atoms with Gasteiger partial charge in [-0.1, -0.05) is 51.9 Å². The molecule has 0 saturated heterocycles. The van der Waals surface area contributed by atoms with Gasteiger partial charge in [0.2, 0.25) is 0 Å². The monoisotopic (exact) mass is 404 g/mol. The Morgan fingerprint density at radius 1 is 1.09 bits per heavy atom. The maximum Gasteiger partial charge on any atom is 0.265 e. The maximum absolute atomic E-state index is 10.9. The fraction of sp³-hybridized carbons (Fsp3) is 1.00. The van der Waals surface area contributed by atoms with Crippen molar-refractivity contribution in [1.82, 2.24) is 5.32 Å². The summed E-state index contributed by atoms with van der Waals surface area (Å²) in [6.45, 7) is 3.11. The molecule has 1 aliphatic carbocycles. The molecule has 0 bridgehead atoms. The Balaban J connectivity index is 0.00000441. The van der Waals surface area contributed by atoms with Gasteiger partial charge in [-0.15, -0.1) is 0 Å². The van der Waals surface area contributed by atoms with Crippen LogP contribution in [0.2, 0.25) is 0 Å². The van der Waals surface area contributed by atoms with Gasteiger partial charge in [-0.25, -0.2) is 0 Å². The van der Waals surface area contributed by atoms with Crippen LogP contribution in [0.3, 0.4) is 0 Å². The molecule has 0 aromatic carbocycles. The van der Waals surface area contributed by atoms with E-state index >= 15 is 0 Å². The van der Waals surface area contributed by atoms with E-state index in [-0.39, 0.29) is 69.9 Å². The average Bonchev–Trinajstić information content (AvgIpc) is 2.45. The van der Waals surface area contributed by atoms with Crippen molar-refractivity contribution in [3.63, 3.8) is 0 Å². The molecule has 1 radical (unpaired) electrons. The van der Waals surface area contributed by atoms with E-state index in [4.69, 9.17) is 4.55 Å². The van der Waals surface area contributed by atoms with E-state index in [0.717, 1.165) is 38.3 Å². The van der Waals surface area contributed by atoms with E-state index in [9.17, 15) is 8.42 Å². The largest absolute Gasteiger partial charge is 0.314 e. The summed E-state index contributed by atoms with van der Waals surface area (Å²) in [4.78, 5) is 0. The zero-order chi connectivity index (χ0) is 15.6. The topological polar surface area (TPSA) is 66.4 Å². The minimum atomic E-state index is -3.81. The quantitative estimate of drug-likeness (QED) is 0.409. The molecule has 1 saturated carbocycles. The maximum atomic E-state index is 10.9. The molecule has 1 rings (SSSR count). The molecular weight excluding hydrogens is 372 g/mol. The average molecular weight is 405 g/mol. The molecule has 1 aliphatic rings. The number of hydrogen-bond acceptors (Lipinski definition) is 3. The second-order valence-electron chi connectivity index (χ2n) is 6.51. The molecule has 0 aromatic rings. The zero-order valence-electron chi connectivity index (χ0n) is 14.5. The Kier molecular flexibility index (Phi) is 15.0. The number of unbranched alkanes of at least 4 members (excludes halogenated alkanes) is 3. The van der Waals surface area contributed by atoms with Gasteiger partial charge in [0.1, 0.15) is 0 Å². The van der Waals surface area contributed by atoms with Crippen LogP contribution >= 0.6 is 0 Å². The first-order valence-electron chi connectivity index (χ1n) is 8.70. The Labute approximate surface area is 186 Å². The van der Waals surface area contributed by atoms with Gasteiger partial charge < -0.3 is 5.32 Å². The van der Waals surface area contributed by atoms with Crippen molar-refractivity contribution in [1.29, 1.82) is 0 Å². The second-order valence-corrected chi connectivity index (χ2v) is 8.01. The van der Waals surface area contributed by atoms with Gasteiger partial charge in [-0.05, 0) is 38.1 Å². The number of nitrogens with one attached hydrogen (secondary N) is 1. The van der Waals surface area contributed by atoms with Crippen molar-refractivity contribution in [3.8, 4) is 0 Å². The summed E-state index contributed by atoms with van der Waals surface area (Å²) in [7, 11) is -3.81.